The van der Waals surface area contributed by atoms with Crippen LogP contribution in [0.2, 0.25) is 0 Å². The first-order valence-corrected chi connectivity index (χ1v) is 6.72. The van der Waals surface area contributed by atoms with E-state index in [1.165, 1.54) is 0 Å². The number of carboxylic acids is 1. The number of carboxylic acid groups (broad SMARTS) is 1. The molecule has 1 aromatic rings. The smallest absolute Gasteiger partial charge is 0.335 e. The molecule has 20 heavy (non-hydrogen) atoms. The summed E-state index contributed by atoms with van der Waals surface area (Å²) in [5.74, 6) is -0.915. The van der Waals surface area contributed by atoms with Gasteiger partial charge in [-0.2, -0.15) is 0 Å². The molecule has 1 rings (SSSR count). The number of nitrogens with zero attached hydrogens (tertiary/aromatic N) is 1. The van der Waals surface area contributed by atoms with E-state index in [0.717, 1.165) is 12.8 Å². The van der Waals surface area contributed by atoms with E-state index in [4.69, 9.17) is 5.11 Å². The standard InChI is InChI=1S/C16H21NO3/c1-3-4-7-12-17(2)15(18)11-10-13-8-5-6-9-14(13)16(19)20/h3,5-6,8-9H,1,4,7,10-12H2,2H3,(H,19,20). The third-order valence-corrected chi connectivity index (χ3v) is 3.18. The molecule has 0 fully saturated rings. The van der Waals surface area contributed by atoms with Gasteiger partial charge in [0.1, 0.15) is 0 Å². The molecule has 0 aliphatic carbocycles. The van der Waals surface area contributed by atoms with Gasteiger partial charge in [-0.25, -0.2) is 4.79 Å². The van der Waals surface area contributed by atoms with Crippen molar-refractivity contribution in [3.8, 4) is 0 Å². The van der Waals surface area contributed by atoms with Gasteiger partial charge in [0.25, 0.3) is 0 Å². The van der Waals surface area contributed by atoms with Crippen LogP contribution in [0.5, 0.6) is 0 Å². The summed E-state index contributed by atoms with van der Waals surface area (Å²) in [5, 5.41) is 9.08. The fraction of sp³-hybridized carbons (Fsp3) is 0.375. The molecule has 0 atom stereocenters. The summed E-state index contributed by atoms with van der Waals surface area (Å²) in [4.78, 5) is 24.7. The Kier molecular flexibility index (Phi) is 6.50. The summed E-state index contributed by atoms with van der Waals surface area (Å²) in [6, 6.07) is 6.81. The molecular formula is C16H21NO3. The molecule has 0 unspecified atom stereocenters. The van der Waals surface area contributed by atoms with Gasteiger partial charge in [-0.1, -0.05) is 24.3 Å². The summed E-state index contributed by atoms with van der Waals surface area (Å²) in [5.41, 5.74) is 0.974. The minimum Gasteiger partial charge on any atom is -0.478 e. The second-order valence-corrected chi connectivity index (χ2v) is 4.71. The average Bonchev–Trinajstić information content (AvgIpc) is 2.45. The summed E-state index contributed by atoms with van der Waals surface area (Å²) in [7, 11) is 1.77. The predicted octanol–water partition coefficient (Wildman–Crippen LogP) is 2.74. The molecule has 0 spiro atoms. The first-order chi connectivity index (χ1) is 9.56. The minimum absolute atomic E-state index is 0.0363. The number of carbonyl (C=O) groups is 2. The van der Waals surface area contributed by atoms with Crippen LogP contribution in [-0.4, -0.2) is 35.5 Å². The van der Waals surface area contributed by atoms with Crippen LogP contribution in [0.1, 0.15) is 35.2 Å². The fourth-order valence-corrected chi connectivity index (χ4v) is 1.98. The maximum Gasteiger partial charge on any atom is 0.335 e. The molecule has 1 amide bonds. The molecular weight excluding hydrogens is 254 g/mol. The van der Waals surface area contributed by atoms with Crippen LogP contribution in [0, 0.1) is 0 Å². The third-order valence-electron chi connectivity index (χ3n) is 3.18. The monoisotopic (exact) mass is 275 g/mol. The summed E-state index contributed by atoms with van der Waals surface area (Å²) < 4.78 is 0. The second-order valence-electron chi connectivity index (χ2n) is 4.71. The van der Waals surface area contributed by atoms with Crippen molar-refractivity contribution in [1.29, 1.82) is 0 Å². The van der Waals surface area contributed by atoms with Crippen molar-refractivity contribution in [2.75, 3.05) is 13.6 Å². The lowest BCUT2D eigenvalue weighted by atomic mass is 10.0. The maximum absolute atomic E-state index is 11.9. The Morgan fingerprint density at radius 2 is 2.05 bits per heavy atom. The Balaban J connectivity index is 2.52. The van der Waals surface area contributed by atoms with Crippen LogP contribution >= 0.6 is 0 Å². The molecule has 0 bridgehead atoms. The molecule has 0 aliphatic rings. The number of unbranched alkanes of at least 4 members (excludes halogenated alkanes) is 1. The fourth-order valence-electron chi connectivity index (χ4n) is 1.98. The Morgan fingerprint density at radius 1 is 1.35 bits per heavy atom. The number of aromatic carboxylic acids is 1. The van der Waals surface area contributed by atoms with Crippen molar-refractivity contribution < 1.29 is 14.7 Å². The van der Waals surface area contributed by atoms with Gasteiger partial charge in [0.15, 0.2) is 0 Å². The van der Waals surface area contributed by atoms with Gasteiger partial charge in [0.2, 0.25) is 5.91 Å². The van der Waals surface area contributed by atoms with Crippen molar-refractivity contribution in [1.82, 2.24) is 4.90 Å². The summed E-state index contributed by atoms with van der Waals surface area (Å²) in [6.45, 7) is 4.35. The Morgan fingerprint density at radius 3 is 2.70 bits per heavy atom. The van der Waals surface area contributed by atoms with Crippen LogP contribution in [0.4, 0.5) is 0 Å². The lowest BCUT2D eigenvalue weighted by molar-refractivity contribution is -0.129. The number of carbonyl (C=O) groups excluding carboxylic acids is 1. The molecule has 0 heterocycles. The Bertz CT molecular complexity index is 482. The van der Waals surface area contributed by atoms with Crippen molar-refractivity contribution in [3.05, 3.63) is 48.0 Å². The van der Waals surface area contributed by atoms with Crippen molar-refractivity contribution in [2.45, 2.75) is 25.7 Å². The van der Waals surface area contributed by atoms with E-state index >= 15 is 0 Å². The van der Waals surface area contributed by atoms with Crippen LogP contribution in [-0.2, 0) is 11.2 Å². The van der Waals surface area contributed by atoms with Gasteiger partial charge in [-0.05, 0) is 30.9 Å². The quantitative estimate of drug-likeness (QED) is 0.586. The van der Waals surface area contributed by atoms with Gasteiger partial charge in [-0.3, -0.25) is 4.79 Å². The second kappa shape index (κ2) is 8.15. The Hall–Kier alpha value is -2.10. The third kappa shape index (κ3) is 4.88. The van der Waals surface area contributed by atoms with E-state index in [9.17, 15) is 9.59 Å². The van der Waals surface area contributed by atoms with Crippen molar-refractivity contribution in [2.24, 2.45) is 0 Å². The average molecular weight is 275 g/mol. The molecule has 1 aromatic carbocycles. The number of hydrogen-bond donors (Lipinski definition) is 1. The van der Waals surface area contributed by atoms with E-state index in [1.807, 2.05) is 6.08 Å². The zero-order chi connectivity index (χ0) is 15.0. The highest BCUT2D eigenvalue weighted by molar-refractivity contribution is 5.89. The largest absolute Gasteiger partial charge is 0.478 e. The lowest BCUT2D eigenvalue weighted by Crippen LogP contribution is -2.28. The Labute approximate surface area is 119 Å². The predicted molar refractivity (Wildman–Crippen MR) is 78.8 cm³/mol. The first-order valence-electron chi connectivity index (χ1n) is 6.72. The molecule has 0 saturated heterocycles. The molecule has 0 saturated carbocycles. The van der Waals surface area contributed by atoms with E-state index in [1.54, 1.807) is 36.2 Å². The van der Waals surface area contributed by atoms with Crippen LogP contribution in [0.3, 0.4) is 0 Å². The number of allylic oxidation sites excluding steroid dienone is 1. The highest BCUT2D eigenvalue weighted by Crippen LogP contribution is 2.12. The number of rotatable bonds is 8. The number of benzene rings is 1. The van der Waals surface area contributed by atoms with Crippen LogP contribution in [0.25, 0.3) is 0 Å². The summed E-state index contributed by atoms with van der Waals surface area (Å²) in [6.07, 6.45) is 4.40. The van der Waals surface area contributed by atoms with Gasteiger partial charge in [0, 0.05) is 20.0 Å². The topological polar surface area (TPSA) is 57.6 Å². The molecule has 0 aromatic heterocycles. The molecule has 108 valence electrons. The highest BCUT2D eigenvalue weighted by Gasteiger charge is 2.12. The number of aryl methyl sites for hydroxylation is 1. The molecule has 4 nitrogen and oxygen atoms in total. The molecule has 0 radical (unpaired) electrons. The van der Waals surface area contributed by atoms with Crippen LogP contribution in [0.15, 0.2) is 36.9 Å². The first kappa shape index (κ1) is 16.0. The van der Waals surface area contributed by atoms with E-state index in [-0.39, 0.29) is 11.5 Å². The van der Waals surface area contributed by atoms with E-state index in [2.05, 4.69) is 6.58 Å². The maximum atomic E-state index is 11.9. The SMILES string of the molecule is C=CCCCN(C)C(=O)CCc1ccccc1C(=O)O. The van der Waals surface area contributed by atoms with Gasteiger partial charge in [-0.15, -0.1) is 6.58 Å². The lowest BCUT2D eigenvalue weighted by Gasteiger charge is -2.17. The molecule has 0 aliphatic heterocycles. The van der Waals surface area contributed by atoms with Gasteiger partial charge in [0.05, 0.1) is 5.56 Å². The molecule has 4 heteroatoms. The van der Waals surface area contributed by atoms with Gasteiger partial charge < -0.3 is 10.0 Å². The zero-order valence-electron chi connectivity index (χ0n) is 11.8. The minimum atomic E-state index is -0.951. The summed E-state index contributed by atoms with van der Waals surface area (Å²) >= 11 is 0. The highest BCUT2D eigenvalue weighted by atomic mass is 16.4. The van der Waals surface area contributed by atoms with Crippen LogP contribution < -0.4 is 0 Å². The van der Waals surface area contributed by atoms with Gasteiger partial charge >= 0.3 is 5.97 Å². The number of hydrogen-bond acceptors (Lipinski definition) is 2. The number of amides is 1. The normalized spacial score (nSPS) is 10.1. The van der Waals surface area contributed by atoms with E-state index < -0.39 is 5.97 Å². The molecule has 1 N–H and O–H groups in total. The zero-order valence-corrected chi connectivity index (χ0v) is 11.8. The van der Waals surface area contributed by atoms with E-state index in [0.29, 0.717) is 24.9 Å². The van der Waals surface area contributed by atoms with Crippen molar-refractivity contribution >= 4 is 11.9 Å². The van der Waals surface area contributed by atoms with Crippen molar-refractivity contribution in [3.63, 3.8) is 0 Å².